The van der Waals surface area contributed by atoms with Crippen LogP contribution in [0, 0.1) is 0 Å². The summed E-state index contributed by atoms with van der Waals surface area (Å²) in [5.74, 6) is 0.980. The minimum atomic E-state index is 0.156. The highest BCUT2D eigenvalue weighted by molar-refractivity contribution is 5.03. The summed E-state index contributed by atoms with van der Waals surface area (Å²) in [7, 11) is 0. The molecule has 0 unspecified atom stereocenters. The van der Waals surface area contributed by atoms with Crippen LogP contribution in [0.1, 0.15) is 110 Å². The summed E-state index contributed by atoms with van der Waals surface area (Å²) in [5.41, 5.74) is 0.156. The fraction of sp³-hybridized carbons (Fsp3) is 0.944. The Morgan fingerprint density at radius 2 is 1.32 bits per heavy atom. The molecule has 0 saturated carbocycles. The molecule has 4 nitrogen and oxygen atoms in total. The molecular weight excluding hydrogens is 272 g/mol. The SMILES string of the molecule is CCCCCCCCCCCCC(CC)(CC)c1nnn[nH]1. The monoisotopic (exact) mass is 308 g/mol. The molecule has 0 atom stereocenters. The van der Waals surface area contributed by atoms with Gasteiger partial charge in [-0.2, -0.15) is 0 Å². The standard InChI is InChI=1S/C18H36N4/c1-4-7-8-9-10-11-12-13-14-15-16-18(5-2,6-3)17-19-21-22-20-17/h4-16H2,1-3H3,(H,19,20,21,22). The van der Waals surface area contributed by atoms with Crippen LogP contribution < -0.4 is 0 Å². The van der Waals surface area contributed by atoms with E-state index in [0.717, 1.165) is 18.7 Å². The highest BCUT2D eigenvalue weighted by Gasteiger charge is 2.31. The van der Waals surface area contributed by atoms with Gasteiger partial charge in [0.05, 0.1) is 0 Å². The molecule has 1 rings (SSSR count). The molecule has 0 bridgehead atoms. The predicted molar refractivity (Wildman–Crippen MR) is 92.9 cm³/mol. The van der Waals surface area contributed by atoms with Gasteiger partial charge < -0.3 is 0 Å². The number of nitrogens with one attached hydrogen (secondary N) is 1. The summed E-state index contributed by atoms with van der Waals surface area (Å²) in [6.45, 7) is 6.78. The average Bonchev–Trinajstić information content (AvgIpc) is 3.08. The number of hydrogen-bond donors (Lipinski definition) is 1. The van der Waals surface area contributed by atoms with E-state index in [1.165, 1.54) is 70.6 Å². The van der Waals surface area contributed by atoms with E-state index >= 15 is 0 Å². The van der Waals surface area contributed by atoms with Crippen molar-refractivity contribution in [2.45, 2.75) is 110 Å². The lowest BCUT2D eigenvalue weighted by Crippen LogP contribution is -2.26. The molecule has 1 aromatic rings. The van der Waals surface area contributed by atoms with E-state index in [4.69, 9.17) is 0 Å². The molecule has 1 N–H and O–H groups in total. The largest absolute Gasteiger partial charge is 0.242 e. The van der Waals surface area contributed by atoms with Crippen LogP contribution in [0.25, 0.3) is 0 Å². The summed E-state index contributed by atoms with van der Waals surface area (Å²) in [6, 6.07) is 0. The molecule has 1 heterocycles. The van der Waals surface area contributed by atoms with Gasteiger partial charge in [-0.3, -0.25) is 0 Å². The lowest BCUT2D eigenvalue weighted by atomic mass is 9.77. The summed E-state index contributed by atoms with van der Waals surface area (Å²) in [4.78, 5) is 0. The fourth-order valence-corrected chi connectivity index (χ4v) is 3.39. The smallest absolute Gasteiger partial charge is 0.154 e. The predicted octanol–water partition coefficient (Wildman–Crippen LogP) is 5.57. The van der Waals surface area contributed by atoms with E-state index in [1.54, 1.807) is 0 Å². The number of unbranched alkanes of at least 4 members (excludes halogenated alkanes) is 9. The molecule has 0 aliphatic heterocycles. The number of tetrazole rings is 1. The number of hydrogen-bond acceptors (Lipinski definition) is 3. The molecule has 22 heavy (non-hydrogen) atoms. The topological polar surface area (TPSA) is 54.5 Å². The second-order valence-electron chi connectivity index (χ2n) is 6.67. The summed E-state index contributed by atoms with van der Waals surface area (Å²) in [6.07, 6.45) is 17.3. The molecule has 0 fully saturated rings. The maximum atomic E-state index is 4.18. The second kappa shape index (κ2) is 11.6. The summed E-state index contributed by atoms with van der Waals surface area (Å²) in [5, 5.41) is 14.7. The first kappa shape index (κ1) is 19.1. The third kappa shape index (κ3) is 6.45. The zero-order valence-corrected chi connectivity index (χ0v) is 15.0. The van der Waals surface area contributed by atoms with Crippen LogP contribution in [0.5, 0.6) is 0 Å². The van der Waals surface area contributed by atoms with Crippen molar-refractivity contribution in [3.8, 4) is 0 Å². The van der Waals surface area contributed by atoms with Gasteiger partial charge in [0.2, 0.25) is 0 Å². The highest BCUT2D eigenvalue weighted by atomic mass is 15.5. The van der Waals surface area contributed by atoms with Crippen LogP contribution in [0.3, 0.4) is 0 Å². The van der Waals surface area contributed by atoms with Gasteiger partial charge in [-0.1, -0.05) is 85.0 Å². The van der Waals surface area contributed by atoms with Crippen LogP contribution in [-0.4, -0.2) is 20.6 Å². The van der Waals surface area contributed by atoms with E-state index in [2.05, 4.69) is 41.4 Å². The summed E-state index contributed by atoms with van der Waals surface area (Å²) < 4.78 is 0. The van der Waals surface area contributed by atoms with Gasteiger partial charge in [0, 0.05) is 5.41 Å². The number of nitrogens with zero attached hydrogens (tertiary/aromatic N) is 3. The number of aromatic amines is 1. The van der Waals surface area contributed by atoms with Crippen LogP contribution >= 0.6 is 0 Å². The third-order valence-electron chi connectivity index (χ3n) is 5.21. The van der Waals surface area contributed by atoms with E-state index < -0.39 is 0 Å². The van der Waals surface area contributed by atoms with Gasteiger partial charge in [0.25, 0.3) is 0 Å². The van der Waals surface area contributed by atoms with Crippen molar-refractivity contribution in [3.63, 3.8) is 0 Å². The second-order valence-corrected chi connectivity index (χ2v) is 6.67. The first-order chi connectivity index (χ1) is 10.8. The van der Waals surface area contributed by atoms with Crippen molar-refractivity contribution in [1.82, 2.24) is 20.6 Å². The van der Waals surface area contributed by atoms with Crippen molar-refractivity contribution in [1.29, 1.82) is 0 Å². The van der Waals surface area contributed by atoms with Crippen LogP contribution in [0.4, 0.5) is 0 Å². The zero-order chi connectivity index (χ0) is 16.1. The van der Waals surface area contributed by atoms with Gasteiger partial charge >= 0.3 is 0 Å². The van der Waals surface area contributed by atoms with Crippen LogP contribution in [-0.2, 0) is 5.41 Å². The van der Waals surface area contributed by atoms with Gasteiger partial charge in [-0.15, -0.1) is 5.10 Å². The fourth-order valence-electron chi connectivity index (χ4n) is 3.39. The van der Waals surface area contributed by atoms with E-state index in [0.29, 0.717) is 0 Å². The average molecular weight is 309 g/mol. The first-order valence-electron chi connectivity index (χ1n) is 9.53. The van der Waals surface area contributed by atoms with Crippen molar-refractivity contribution >= 4 is 0 Å². The Morgan fingerprint density at radius 3 is 1.77 bits per heavy atom. The number of aromatic nitrogens is 4. The Kier molecular flexibility index (Phi) is 10.1. The maximum absolute atomic E-state index is 4.18. The van der Waals surface area contributed by atoms with Gasteiger partial charge in [-0.25, -0.2) is 5.10 Å². The Hall–Kier alpha value is -0.930. The molecule has 4 heteroatoms. The normalized spacial score (nSPS) is 12.0. The van der Waals surface area contributed by atoms with Crippen molar-refractivity contribution in [3.05, 3.63) is 5.82 Å². The van der Waals surface area contributed by atoms with E-state index in [-0.39, 0.29) is 5.41 Å². The van der Waals surface area contributed by atoms with Gasteiger partial charge in [0.1, 0.15) is 0 Å². The van der Waals surface area contributed by atoms with Crippen LogP contribution in [0.2, 0.25) is 0 Å². The number of rotatable bonds is 14. The highest BCUT2D eigenvalue weighted by Crippen LogP contribution is 2.34. The Morgan fingerprint density at radius 1 is 0.773 bits per heavy atom. The van der Waals surface area contributed by atoms with Crippen molar-refractivity contribution in [2.24, 2.45) is 0 Å². The van der Waals surface area contributed by atoms with Crippen molar-refractivity contribution < 1.29 is 0 Å². The molecular formula is C18H36N4. The molecule has 0 aromatic carbocycles. The van der Waals surface area contributed by atoms with Gasteiger partial charge in [0.15, 0.2) is 5.82 Å². The van der Waals surface area contributed by atoms with E-state index in [9.17, 15) is 0 Å². The minimum Gasteiger partial charge on any atom is -0.242 e. The Balaban J connectivity index is 2.12. The van der Waals surface area contributed by atoms with Crippen LogP contribution in [0.15, 0.2) is 0 Å². The molecule has 1 aromatic heterocycles. The summed E-state index contributed by atoms with van der Waals surface area (Å²) >= 11 is 0. The lowest BCUT2D eigenvalue weighted by molar-refractivity contribution is 0.329. The quantitative estimate of drug-likeness (QED) is 0.457. The Bertz CT molecular complexity index is 344. The molecule has 0 saturated heterocycles. The van der Waals surface area contributed by atoms with E-state index in [1.807, 2.05) is 0 Å². The molecule has 0 aliphatic carbocycles. The van der Waals surface area contributed by atoms with Crippen molar-refractivity contribution in [2.75, 3.05) is 0 Å². The molecule has 0 spiro atoms. The molecule has 0 radical (unpaired) electrons. The van der Waals surface area contributed by atoms with Gasteiger partial charge in [-0.05, 0) is 29.7 Å². The molecule has 128 valence electrons. The minimum absolute atomic E-state index is 0.156. The third-order valence-corrected chi connectivity index (χ3v) is 5.21. The lowest BCUT2D eigenvalue weighted by Gasteiger charge is -2.28. The Labute approximate surface area is 136 Å². The molecule has 0 aliphatic rings. The maximum Gasteiger partial charge on any atom is 0.154 e. The zero-order valence-electron chi connectivity index (χ0n) is 15.0. The molecule has 0 amide bonds. The first-order valence-corrected chi connectivity index (χ1v) is 9.53. The number of H-pyrrole nitrogens is 1.